The van der Waals surface area contributed by atoms with Crippen LogP contribution in [0.5, 0.6) is 0 Å². The third-order valence-corrected chi connectivity index (χ3v) is 5.87. The van der Waals surface area contributed by atoms with Crippen molar-refractivity contribution in [2.24, 2.45) is 4.99 Å². The number of halogens is 4. The molecular formula is C25H24F4N6O2. The SMILES string of the molecule is CN=CC(NC(=O)c1cn(CCNC(=O)c2ccc(C(F)(F)F)cc2F)nn1)c1ccc(C2CC2)cc1. The fraction of sp³-hybridized carbons (Fsp3) is 0.320. The molecule has 194 valence electrons. The lowest BCUT2D eigenvalue weighted by Gasteiger charge is -2.14. The second-order valence-corrected chi connectivity index (χ2v) is 8.61. The highest BCUT2D eigenvalue weighted by atomic mass is 19.4. The highest BCUT2D eigenvalue weighted by Crippen LogP contribution is 2.40. The van der Waals surface area contributed by atoms with Crippen LogP contribution in [0.1, 0.15) is 62.3 Å². The molecule has 1 atom stereocenters. The molecule has 0 radical (unpaired) electrons. The van der Waals surface area contributed by atoms with Crippen molar-refractivity contribution in [2.75, 3.05) is 13.6 Å². The topological polar surface area (TPSA) is 101 Å². The van der Waals surface area contributed by atoms with Gasteiger partial charge in [0.05, 0.1) is 29.9 Å². The van der Waals surface area contributed by atoms with Crippen molar-refractivity contribution in [2.45, 2.75) is 37.5 Å². The third-order valence-electron chi connectivity index (χ3n) is 5.87. The van der Waals surface area contributed by atoms with Crippen molar-refractivity contribution in [1.82, 2.24) is 25.6 Å². The molecule has 2 aromatic carbocycles. The number of hydrogen-bond acceptors (Lipinski definition) is 5. The molecule has 3 aromatic rings. The highest BCUT2D eigenvalue weighted by molar-refractivity contribution is 5.95. The van der Waals surface area contributed by atoms with Crippen LogP contribution in [0.3, 0.4) is 0 Å². The first-order chi connectivity index (χ1) is 17.7. The van der Waals surface area contributed by atoms with E-state index >= 15 is 0 Å². The Balaban J connectivity index is 1.31. The lowest BCUT2D eigenvalue weighted by molar-refractivity contribution is -0.137. The number of nitrogens with one attached hydrogen (secondary N) is 2. The normalized spacial score (nSPS) is 14.5. The minimum atomic E-state index is -4.71. The van der Waals surface area contributed by atoms with Crippen LogP contribution in [0, 0.1) is 5.82 Å². The summed E-state index contributed by atoms with van der Waals surface area (Å²) in [7, 11) is 1.61. The zero-order chi connectivity index (χ0) is 26.6. The summed E-state index contributed by atoms with van der Waals surface area (Å²) < 4.78 is 53.3. The van der Waals surface area contributed by atoms with Gasteiger partial charge in [-0.15, -0.1) is 5.10 Å². The maximum atomic E-state index is 14.0. The number of aliphatic imine (C=N–C) groups is 1. The van der Waals surface area contributed by atoms with Gasteiger partial charge in [0.25, 0.3) is 11.8 Å². The van der Waals surface area contributed by atoms with Crippen molar-refractivity contribution < 1.29 is 27.2 Å². The maximum Gasteiger partial charge on any atom is 0.416 e. The Hall–Kier alpha value is -4.09. The predicted octanol–water partition coefficient (Wildman–Crippen LogP) is 3.92. The van der Waals surface area contributed by atoms with Crippen molar-refractivity contribution >= 4 is 18.0 Å². The molecule has 0 saturated heterocycles. The Morgan fingerprint density at radius 2 is 1.89 bits per heavy atom. The van der Waals surface area contributed by atoms with Gasteiger partial charge in [0.15, 0.2) is 5.69 Å². The summed E-state index contributed by atoms with van der Waals surface area (Å²) in [6.45, 7) is 0.0684. The van der Waals surface area contributed by atoms with E-state index in [1.165, 1.54) is 29.3 Å². The van der Waals surface area contributed by atoms with Crippen LogP contribution in [0.2, 0.25) is 0 Å². The second kappa shape index (κ2) is 10.9. The van der Waals surface area contributed by atoms with E-state index in [2.05, 4.69) is 38.1 Å². The molecular weight excluding hydrogens is 492 g/mol. The average molecular weight is 516 g/mol. The van der Waals surface area contributed by atoms with Gasteiger partial charge >= 0.3 is 6.18 Å². The first-order valence-corrected chi connectivity index (χ1v) is 11.5. The third kappa shape index (κ3) is 6.57. The molecule has 1 aromatic heterocycles. The smallest absolute Gasteiger partial charge is 0.350 e. The highest BCUT2D eigenvalue weighted by Gasteiger charge is 2.31. The molecule has 37 heavy (non-hydrogen) atoms. The largest absolute Gasteiger partial charge is 0.416 e. The number of rotatable bonds is 9. The van der Waals surface area contributed by atoms with Gasteiger partial charge in [-0.25, -0.2) is 9.07 Å². The van der Waals surface area contributed by atoms with E-state index < -0.39 is 41.0 Å². The van der Waals surface area contributed by atoms with E-state index in [1.807, 2.05) is 12.1 Å². The molecule has 12 heteroatoms. The van der Waals surface area contributed by atoms with Crippen molar-refractivity contribution in [3.63, 3.8) is 0 Å². The minimum absolute atomic E-state index is 0.0256. The maximum absolute atomic E-state index is 14.0. The van der Waals surface area contributed by atoms with Gasteiger partial charge in [-0.1, -0.05) is 29.5 Å². The number of carbonyl (C=O) groups excluding carboxylic acids is 2. The Morgan fingerprint density at radius 3 is 2.51 bits per heavy atom. The zero-order valence-electron chi connectivity index (χ0n) is 19.8. The standard InChI is InChI=1S/C25H24F4N6O2/c1-30-13-21(17-6-4-16(5-7-17)15-2-3-15)32-24(37)22-14-35(34-33-22)11-10-31-23(36)19-9-8-18(12-20(19)26)25(27,28)29/h4-9,12-15,21H,2-3,10-11H2,1H3,(H,31,36)(H,32,37). The van der Waals surface area contributed by atoms with Crippen LogP contribution < -0.4 is 10.6 Å². The molecule has 1 heterocycles. The summed E-state index contributed by atoms with van der Waals surface area (Å²) in [4.78, 5) is 28.9. The number of alkyl halides is 3. The Morgan fingerprint density at radius 1 is 1.16 bits per heavy atom. The van der Waals surface area contributed by atoms with Crippen LogP contribution in [0.4, 0.5) is 17.6 Å². The molecule has 1 fully saturated rings. The number of carbonyl (C=O) groups is 2. The summed E-state index contributed by atoms with van der Waals surface area (Å²) in [5.74, 6) is -2.01. The molecule has 1 saturated carbocycles. The van der Waals surface area contributed by atoms with Gasteiger partial charge in [-0.3, -0.25) is 14.6 Å². The quantitative estimate of drug-likeness (QED) is 0.333. The van der Waals surface area contributed by atoms with Crippen LogP contribution in [-0.4, -0.2) is 46.6 Å². The van der Waals surface area contributed by atoms with Gasteiger partial charge in [-0.2, -0.15) is 13.2 Å². The molecule has 8 nitrogen and oxygen atoms in total. The summed E-state index contributed by atoms with van der Waals surface area (Å²) in [6, 6.07) is 9.24. The molecule has 2 N–H and O–H groups in total. The summed E-state index contributed by atoms with van der Waals surface area (Å²) in [5.41, 5.74) is 0.495. The monoisotopic (exact) mass is 516 g/mol. The number of nitrogens with zero attached hydrogens (tertiary/aromatic N) is 4. The summed E-state index contributed by atoms with van der Waals surface area (Å²) >= 11 is 0. The van der Waals surface area contributed by atoms with Crippen molar-refractivity contribution in [1.29, 1.82) is 0 Å². The van der Waals surface area contributed by atoms with Crippen LogP contribution in [0.15, 0.2) is 53.7 Å². The molecule has 0 spiro atoms. The number of amides is 2. The average Bonchev–Trinajstić information content (AvgIpc) is 3.61. The molecule has 1 aliphatic carbocycles. The van der Waals surface area contributed by atoms with Crippen LogP contribution in [-0.2, 0) is 12.7 Å². The van der Waals surface area contributed by atoms with Crippen LogP contribution >= 0.6 is 0 Å². The number of aromatic nitrogens is 3. The van der Waals surface area contributed by atoms with Gasteiger partial charge in [0.2, 0.25) is 0 Å². The van der Waals surface area contributed by atoms with Gasteiger partial charge in [0.1, 0.15) is 5.82 Å². The molecule has 0 bridgehead atoms. The van der Waals surface area contributed by atoms with E-state index in [4.69, 9.17) is 0 Å². The lowest BCUT2D eigenvalue weighted by atomic mass is 10.0. The Kier molecular flexibility index (Phi) is 7.65. The second-order valence-electron chi connectivity index (χ2n) is 8.61. The molecule has 4 rings (SSSR count). The minimum Gasteiger partial charge on any atom is -0.350 e. The van der Waals surface area contributed by atoms with E-state index in [1.54, 1.807) is 13.3 Å². The Labute approximate surface area is 209 Å². The Bertz CT molecular complexity index is 1300. The van der Waals surface area contributed by atoms with Crippen molar-refractivity contribution in [3.8, 4) is 0 Å². The number of hydrogen-bond donors (Lipinski definition) is 2. The van der Waals surface area contributed by atoms with Gasteiger partial charge < -0.3 is 10.6 Å². The van der Waals surface area contributed by atoms with Crippen LogP contribution in [0.25, 0.3) is 0 Å². The predicted molar refractivity (Wildman–Crippen MR) is 127 cm³/mol. The molecule has 0 aliphatic heterocycles. The molecule has 2 amide bonds. The molecule has 1 unspecified atom stereocenters. The van der Waals surface area contributed by atoms with Crippen molar-refractivity contribution in [3.05, 3.63) is 82.4 Å². The first-order valence-electron chi connectivity index (χ1n) is 11.5. The fourth-order valence-electron chi connectivity index (χ4n) is 3.73. The van der Waals surface area contributed by atoms with Gasteiger partial charge in [0, 0.05) is 19.8 Å². The first kappa shape index (κ1) is 26.0. The summed E-state index contributed by atoms with van der Waals surface area (Å²) in [5, 5.41) is 13.0. The van der Waals surface area contributed by atoms with E-state index in [-0.39, 0.29) is 24.8 Å². The zero-order valence-corrected chi connectivity index (χ0v) is 19.8. The fourth-order valence-corrected chi connectivity index (χ4v) is 3.73. The van der Waals surface area contributed by atoms with E-state index in [9.17, 15) is 27.2 Å². The van der Waals surface area contributed by atoms with E-state index in [0.29, 0.717) is 12.0 Å². The summed E-state index contributed by atoms with van der Waals surface area (Å²) in [6.07, 6.45) is 0.681. The number of benzene rings is 2. The van der Waals surface area contributed by atoms with Gasteiger partial charge in [-0.05, 0) is 48.1 Å². The molecule has 1 aliphatic rings. The lowest BCUT2D eigenvalue weighted by Crippen LogP contribution is -2.30. The van der Waals surface area contributed by atoms with E-state index in [0.717, 1.165) is 11.6 Å².